The van der Waals surface area contributed by atoms with Gasteiger partial charge in [0.15, 0.2) is 11.9 Å². The maximum absolute atomic E-state index is 14.8. The largest absolute Gasteiger partial charge is 0.471 e. The number of aromatic nitrogens is 3. The van der Waals surface area contributed by atoms with Crippen LogP contribution in [0.15, 0.2) is 24.7 Å². The molecule has 0 aromatic carbocycles. The molecule has 0 N–H and O–H groups in total. The lowest BCUT2D eigenvalue weighted by molar-refractivity contribution is -0.0117. The van der Waals surface area contributed by atoms with E-state index >= 15 is 0 Å². The lowest BCUT2D eigenvalue weighted by atomic mass is 10.1. The molecule has 2 aromatic rings. The van der Waals surface area contributed by atoms with Gasteiger partial charge < -0.3 is 19.1 Å². The number of amides is 1. The van der Waals surface area contributed by atoms with Crippen molar-refractivity contribution in [2.75, 3.05) is 13.1 Å². The molecular formula is C21H27FN4O4. The first-order valence-electron chi connectivity index (χ1n) is 9.84. The second-order valence-corrected chi connectivity index (χ2v) is 8.19. The summed E-state index contributed by atoms with van der Waals surface area (Å²) in [6.45, 7) is 9.15. The van der Waals surface area contributed by atoms with Crippen LogP contribution in [0.3, 0.4) is 0 Å². The second kappa shape index (κ2) is 8.81. The van der Waals surface area contributed by atoms with Gasteiger partial charge in [-0.2, -0.15) is 0 Å². The molecule has 3 rings (SSSR count). The van der Waals surface area contributed by atoms with Crippen molar-refractivity contribution in [1.82, 2.24) is 19.9 Å². The van der Waals surface area contributed by atoms with Crippen molar-refractivity contribution in [1.29, 1.82) is 0 Å². The van der Waals surface area contributed by atoms with Gasteiger partial charge in [0.1, 0.15) is 18.0 Å². The van der Waals surface area contributed by atoms with Crippen LogP contribution in [-0.4, -0.2) is 56.9 Å². The van der Waals surface area contributed by atoms with Crippen LogP contribution in [0.2, 0.25) is 0 Å². The van der Waals surface area contributed by atoms with Gasteiger partial charge in [-0.25, -0.2) is 19.2 Å². The third-order valence-electron chi connectivity index (χ3n) is 4.55. The maximum Gasteiger partial charge on any atom is 0.410 e. The fourth-order valence-corrected chi connectivity index (χ4v) is 2.97. The summed E-state index contributed by atoms with van der Waals surface area (Å²) in [5.74, 6) is 1.14. The molecule has 1 aliphatic rings. The number of halogens is 1. The second-order valence-electron chi connectivity index (χ2n) is 8.19. The standard InChI is InChI=1S/C21H27FN4O4/c1-13-18(28-16-7-6-9-23-14(16)2)24-12-25-19(13)29-17-8-10-26(11-15(17)22)20(27)30-21(3,4)5/h6-7,9,12,15,17H,8,10-11H2,1-5H3. The zero-order chi connectivity index (χ0) is 21.9. The van der Waals surface area contributed by atoms with Gasteiger partial charge >= 0.3 is 6.09 Å². The predicted molar refractivity (Wildman–Crippen MR) is 108 cm³/mol. The number of aryl methyl sites for hydroxylation is 1. The number of likely N-dealkylation sites (tertiary alicyclic amines) is 1. The molecule has 0 aliphatic carbocycles. The normalized spacial score (nSPS) is 19.3. The Hall–Kier alpha value is -2.97. The number of pyridine rings is 1. The van der Waals surface area contributed by atoms with E-state index in [4.69, 9.17) is 14.2 Å². The Kier molecular flexibility index (Phi) is 6.38. The number of ether oxygens (including phenoxy) is 3. The zero-order valence-corrected chi connectivity index (χ0v) is 17.9. The number of carbonyl (C=O) groups is 1. The monoisotopic (exact) mass is 418 g/mol. The lowest BCUT2D eigenvalue weighted by Gasteiger charge is -2.35. The van der Waals surface area contributed by atoms with Gasteiger partial charge in [0.05, 0.1) is 17.8 Å². The van der Waals surface area contributed by atoms with Gasteiger partial charge in [0.2, 0.25) is 11.8 Å². The molecule has 0 bridgehead atoms. The summed E-state index contributed by atoms with van der Waals surface area (Å²) in [5, 5.41) is 0. The molecule has 9 heteroatoms. The van der Waals surface area contributed by atoms with Crippen LogP contribution >= 0.6 is 0 Å². The van der Waals surface area contributed by atoms with Gasteiger partial charge in [-0.3, -0.25) is 4.98 Å². The highest BCUT2D eigenvalue weighted by atomic mass is 19.1. The molecule has 0 spiro atoms. The Morgan fingerprint density at radius 3 is 2.60 bits per heavy atom. The molecule has 162 valence electrons. The van der Waals surface area contributed by atoms with E-state index in [9.17, 15) is 9.18 Å². The van der Waals surface area contributed by atoms with E-state index in [1.54, 1.807) is 46.0 Å². The third-order valence-corrected chi connectivity index (χ3v) is 4.55. The van der Waals surface area contributed by atoms with Crippen LogP contribution in [0.1, 0.15) is 38.4 Å². The van der Waals surface area contributed by atoms with Gasteiger partial charge in [-0.1, -0.05) is 0 Å². The molecule has 2 unspecified atom stereocenters. The molecule has 1 saturated heterocycles. The minimum atomic E-state index is -1.37. The van der Waals surface area contributed by atoms with E-state index in [1.165, 1.54) is 11.2 Å². The molecule has 3 heterocycles. The first-order valence-corrected chi connectivity index (χ1v) is 9.84. The summed E-state index contributed by atoms with van der Waals surface area (Å²) >= 11 is 0. The highest BCUT2D eigenvalue weighted by Gasteiger charge is 2.35. The van der Waals surface area contributed by atoms with Crippen molar-refractivity contribution in [3.8, 4) is 17.5 Å². The average Bonchev–Trinajstić information content (AvgIpc) is 2.66. The van der Waals surface area contributed by atoms with Crippen LogP contribution in [0.25, 0.3) is 0 Å². The highest BCUT2D eigenvalue weighted by Crippen LogP contribution is 2.30. The van der Waals surface area contributed by atoms with Gasteiger partial charge in [0, 0.05) is 19.2 Å². The first kappa shape index (κ1) is 21.7. The number of carbonyl (C=O) groups excluding carboxylic acids is 1. The van der Waals surface area contributed by atoms with Gasteiger partial charge in [-0.05, 0) is 46.8 Å². The van der Waals surface area contributed by atoms with Crippen molar-refractivity contribution in [3.63, 3.8) is 0 Å². The van der Waals surface area contributed by atoms with Crippen molar-refractivity contribution < 1.29 is 23.4 Å². The summed E-state index contributed by atoms with van der Waals surface area (Å²) in [6, 6.07) is 3.55. The highest BCUT2D eigenvalue weighted by molar-refractivity contribution is 5.68. The number of hydrogen-bond acceptors (Lipinski definition) is 7. The Balaban J connectivity index is 1.66. The fourth-order valence-electron chi connectivity index (χ4n) is 2.97. The van der Waals surface area contributed by atoms with Crippen molar-refractivity contribution in [2.24, 2.45) is 0 Å². The Morgan fingerprint density at radius 1 is 1.20 bits per heavy atom. The molecule has 8 nitrogen and oxygen atoms in total. The quantitative estimate of drug-likeness (QED) is 0.741. The Bertz CT molecular complexity index is 903. The van der Waals surface area contributed by atoms with E-state index < -0.39 is 24.0 Å². The molecule has 2 aromatic heterocycles. The average molecular weight is 418 g/mol. The molecule has 1 aliphatic heterocycles. The molecule has 0 saturated carbocycles. The molecule has 2 atom stereocenters. The minimum absolute atomic E-state index is 0.0953. The smallest absolute Gasteiger partial charge is 0.410 e. The van der Waals surface area contributed by atoms with Crippen LogP contribution in [0.4, 0.5) is 9.18 Å². The van der Waals surface area contributed by atoms with Gasteiger partial charge in [-0.15, -0.1) is 0 Å². The van der Waals surface area contributed by atoms with E-state index in [1.807, 2.05) is 6.92 Å². The fraction of sp³-hybridized carbons (Fsp3) is 0.524. The van der Waals surface area contributed by atoms with Crippen LogP contribution in [-0.2, 0) is 4.74 Å². The van der Waals surface area contributed by atoms with E-state index in [-0.39, 0.29) is 12.4 Å². The number of piperidine rings is 1. The molecular weight excluding hydrogens is 391 g/mol. The number of nitrogens with zero attached hydrogens (tertiary/aromatic N) is 4. The van der Waals surface area contributed by atoms with E-state index in [2.05, 4.69) is 15.0 Å². The summed E-state index contributed by atoms with van der Waals surface area (Å²) in [6.07, 6.45) is 0.683. The van der Waals surface area contributed by atoms with Crippen LogP contribution in [0.5, 0.6) is 17.5 Å². The number of rotatable bonds is 4. The van der Waals surface area contributed by atoms with E-state index in [0.717, 1.165) is 5.69 Å². The SMILES string of the molecule is Cc1ncccc1Oc1ncnc(OC2CCN(C(=O)OC(C)(C)C)CC2F)c1C. The molecule has 0 radical (unpaired) electrons. The van der Waals surface area contributed by atoms with Crippen molar-refractivity contribution >= 4 is 6.09 Å². The summed E-state index contributed by atoms with van der Waals surface area (Å²) in [5.41, 5.74) is 0.649. The van der Waals surface area contributed by atoms with Crippen LogP contribution in [0, 0.1) is 13.8 Å². The summed E-state index contributed by atoms with van der Waals surface area (Å²) in [7, 11) is 0. The minimum Gasteiger partial charge on any atom is -0.471 e. The number of alkyl halides is 1. The topological polar surface area (TPSA) is 86.7 Å². The maximum atomic E-state index is 14.8. The molecule has 30 heavy (non-hydrogen) atoms. The van der Waals surface area contributed by atoms with Gasteiger partial charge in [0.25, 0.3) is 0 Å². The lowest BCUT2D eigenvalue weighted by Crippen LogP contribution is -2.50. The zero-order valence-electron chi connectivity index (χ0n) is 17.9. The first-order chi connectivity index (χ1) is 14.1. The Labute approximate surface area is 175 Å². The Morgan fingerprint density at radius 2 is 1.93 bits per heavy atom. The molecule has 1 fully saturated rings. The summed E-state index contributed by atoms with van der Waals surface area (Å²) < 4.78 is 31.7. The van der Waals surface area contributed by atoms with E-state index in [0.29, 0.717) is 30.2 Å². The predicted octanol–water partition coefficient (Wildman–Crippen LogP) is 4.01. The summed E-state index contributed by atoms with van der Waals surface area (Å²) in [4.78, 5) is 26.0. The van der Waals surface area contributed by atoms with Crippen LogP contribution < -0.4 is 9.47 Å². The van der Waals surface area contributed by atoms with Crippen molar-refractivity contribution in [2.45, 2.75) is 58.9 Å². The third kappa shape index (κ3) is 5.34. The number of hydrogen-bond donors (Lipinski definition) is 0. The molecule has 1 amide bonds. The van der Waals surface area contributed by atoms with Crippen molar-refractivity contribution in [3.05, 3.63) is 35.9 Å².